The molecule has 2 aromatic heterocycles. The molecule has 5 rings (SSSR count). The van der Waals surface area contributed by atoms with Crippen LogP contribution in [0.1, 0.15) is 33.9 Å². The predicted octanol–water partition coefficient (Wildman–Crippen LogP) is 4.19. The van der Waals surface area contributed by atoms with E-state index in [1.165, 1.54) is 8.61 Å². The Morgan fingerprint density at radius 1 is 0.500 bits per heavy atom. The molecule has 0 N–H and O–H groups in total. The van der Waals surface area contributed by atoms with Gasteiger partial charge >= 0.3 is 0 Å². The van der Waals surface area contributed by atoms with Crippen LogP contribution in [-0.4, -0.2) is 35.4 Å². The van der Waals surface area contributed by atoms with Crippen molar-refractivity contribution in [3.8, 4) is 0 Å². The zero-order chi connectivity index (χ0) is 26.9. The van der Waals surface area contributed by atoms with Gasteiger partial charge in [-0.3, -0.25) is 9.97 Å². The van der Waals surface area contributed by atoms with Gasteiger partial charge in [0.15, 0.2) is 0 Å². The Labute approximate surface area is 223 Å². The van der Waals surface area contributed by atoms with Crippen LogP contribution in [0, 0.1) is 13.8 Å². The van der Waals surface area contributed by atoms with Crippen LogP contribution in [0.3, 0.4) is 0 Å². The molecule has 2 aromatic carbocycles. The normalized spacial score (nSPS) is 15.4. The fourth-order valence-corrected chi connectivity index (χ4v) is 7.07. The van der Waals surface area contributed by atoms with Crippen LogP contribution in [0.2, 0.25) is 0 Å². The Kier molecular flexibility index (Phi) is 7.15. The summed E-state index contributed by atoms with van der Waals surface area (Å²) >= 11 is 0. The SMILES string of the molecule is Cc1ccc(S(=O)(=O)N2Cc3cccc(n3)CN(S(=O)(=O)c3ccc(C)cc3)Cc3cccc(n3)C2)cc1. The molecule has 0 spiro atoms. The summed E-state index contributed by atoms with van der Waals surface area (Å²) in [5.41, 5.74) is 3.99. The highest BCUT2D eigenvalue weighted by Gasteiger charge is 2.29. The Balaban J connectivity index is 1.57. The van der Waals surface area contributed by atoms with Gasteiger partial charge in [-0.15, -0.1) is 0 Å². The van der Waals surface area contributed by atoms with E-state index in [0.29, 0.717) is 22.8 Å². The van der Waals surface area contributed by atoms with E-state index in [-0.39, 0.29) is 36.0 Å². The van der Waals surface area contributed by atoms with Gasteiger partial charge in [-0.1, -0.05) is 47.5 Å². The summed E-state index contributed by atoms with van der Waals surface area (Å²) in [4.78, 5) is 9.69. The summed E-state index contributed by atoms with van der Waals surface area (Å²) < 4.78 is 57.3. The monoisotopic (exact) mass is 548 g/mol. The number of hydrogen-bond acceptors (Lipinski definition) is 6. The molecule has 3 heterocycles. The van der Waals surface area contributed by atoms with E-state index in [9.17, 15) is 16.8 Å². The Hall–Kier alpha value is -3.44. The van der Waals surface area contributed by atoms with Crippen molar-refractivity contribution in [1.29, 1.82) is 0 Å². The Bertz CT molecular complexity index is 1500. The number of rotatable bonds is 4. The molecule has 8 nitrogen and oxygen atoms in total. The number of sulfonamides is 2. The molecule has 0 atom stereocenters. The minimum absolute atomic E-state index is 0.0146. The zero-order valence-corrected chi connectivity index (χ0v) is 22.8. The Morgan fingerprint density at radius 3 is 1.08 bits per heavy atom. The summed E-state index contributed by atoms with van der Waals surface area (Å²) in [5.74, 6) is 0. The molecule has 1 aliphatic heterocycles. The highest BCUT2D eigenvalue weighted by atomic mass is 32.2. The van der Waals surface area contributed by atoms with Gasteiger partial charge in [0.05, 0.1) is 58.7 Å². The van der Waals surface area contributed by atoms with Crippen molar-refractivity contribution < 1.29 is 16.8 Å². The summed E-state index contributed by atoms with van der Waals surface area (Å²) in [6, 6.07) is 24.0. The van der Waals surface area contributed by atoms with Crippen LogP contribution < -0.4 is 0 Å². The first-order valence-corrected chi connectivity index (χ1v) is 15.0. The van der Waals surface area contributed by atoms with E-state index in [1.54, 1.807) is 84.9 Å². The number of nitrogens with zero attached hydrogens (tertiary/aromatic N) is 4. The van der Waals surface area contributed by atoms with Crippen LogP contribution in [0.5, 0.6) is 0 Å². The van der Waals surface area contributed by atoms with Gasteiger partial charge < -0.3 is 0 Å². The summed E-state index contributed by atoms with van der Waals surface area (Å²) in [6.45, 7) is 3.86. The van der Waals surface area contributed by atoms with Gasteiger partial charge in [0.2, 0.25) is 20.0 Å². The van der Waals surface area contributed by atoms with Crippen molar-refractivity contribution in [2.75, 3.05) is 0 Å². The lowest BCUT2D eigenvalue weighted by molar-refractivity contribution is 0.374. The van der Waals surface area contributed by atoms with Gasteiger partial charge in [-0.05, 0) is 62.4 Å². The van der Waals surface area contributed by atoms with Crippen LogP contribution >= 0.6 is 0 Å². The van der Waals surface area contributed by atoms with E-state index < -0.39 is 20.0 Å². The van der Waals surface area contributed by atoms with Gasteiger partial charge in [-0.2, -0.15) is 8.61 Å². The van der Waals surface area contributed by atoms with E-state index in [4.69, 9.17) is 0 Å². The van der Waals surface area contributed by atoms with Crippen molar-refractivity contribution in [3.05, 3.63) is 119 Å². The number of fused-ring (bicyclic) bond motifs is 4. The molecule has 0 saturated heterocycles. The maximum Gasteiger partial charge on any atom is 0.243 e. The third kappa shape index (κ3) is 5.53. The number of pyridine rings is 2. The van der Waals surface area contributed by atoms with Gasteiger partial charge in [0.25, 0.3) is 0 Å². The van der Waals surface area contributed by atoms with Crippen molar-refractivity contribution in [2.45, 2.75) is 49.8 Å². The second-order valence-corrected chi connectivity index (χ2v) is 13.3. The standard InChI is InChI=1S/C28H28N4O4S2/c1-21-9-13-27(14-10-21)37(33,34)31-17-23-5-3-7-25(29-23)19-32(20-26-8-4-6-24(18-31)30-26)38(35,36)28-15-11-22(2)12-16-28/h3-16H,17-20H2,1-2H3. The fraction of sp³-hybridized carbons (Fsp3) is 0.214. The first kappa shape index (κ1) is 26.2. The lowest BCUT2D eigenvalue weighted by Gasteiger charge is -2.25. The van der Waals surface area contributed by atoms with Crippen LogP contribution in [0.4, 0.5) is 0 Å². The smallest absolute Gasteiger partial charge is 0.243 e. The van der Waals surface area contributed by atoms with Crippen LogP contribution in [0.15, 0.2) is 94.7 Å². The predicted molar refractivity (Wildman–Crippen MR) is 144 cm³/mol. The highest BCUT2D eigenvalue weighted by Crippen LogP contribution is 2.24. The number of aromatic nitrogens is 2. The topological polar surface area (TPSA) is 101 Å². The minimum atomic E-state index is -3.86. The van der Waals surface area contributed by atoms with Crippen LogP contribution in [-0.2, 0) is 46.2 Å². The average molecular weight is 549 g/mol. The second-order valence-electron chi connectivity index (χ2n) is 9.41. The molecule has 38 heavy (non-hydrogen) atoms. The molecule has 4 bridgehead atoms. The molecule has 0 radical (unpaired) electrons. The van der Waals surface area contributed by atoms with E-state index in [0.717, 1.165) is 11.1 Å². The van der Waals surface area contributed by atoms with Gasteiger partial charge in [0.1, 0.15) is 0 Å². The Morgan fingerprint density at radius 2 is 0.789 bits per heavy atom. The molecule has 0 fully saturated rings. The van der Waals surface area contributed by atoms with E-state index in [1.807, 2.05) is 13.8 Å². The number of benzene rings is 2. The van der Waals surface area contributed by atoms with Crippen molar-refractivity contribution >= 4 is 20.0 Å². The summed E-state index contributed by atoms with van der Waals surface area (Å²) in [5, 5.41) is 0. The maximum atomic E-state index is 13.7. The molecular weight excluding hydrogens is 520 g/mol. The van der Waals surface area contributed by atoms with Gasteiger partial charge in [-0.25, -0.2) is 16.8 Å². The molecule has 0 amide bonds. The largest absolute Gasteiger partial charge is 0.255 e. The lowest BCUT2D eigenvalue weighted by Crippen LogP contribution is -2.33. The first-order valence-electron chi connectivity index (χ1n) is 12.1. The van der Waals surface area contributed by atoms with Crippen LogP contribution in [0.25, 0.3) is 0 Å². The molecule has 0 saturated carbocycles. The number of hydrogen-bond donors (Lipinski definition) is 0. The third-order valence-electron chi connectivity index (χ3n) is 6.40. The first-order chi connectivity index (χ1) is 18.1. The summed E-state index contributed by atoms with van der Waals surface area (Å²) in [6.07, 6.45) is 0. The average Bonchev–Trinajstić information content (AvgIpc) is 2.88. The van der Waals surface area contributed by atoms with Crippen molar-refractivity contribution in [2.24, 2.45) is 0 Å². The third-order valence-corrected chi connectivity index (χ3v) is 10.0. The molecular formula is C28H28N4O4S2. The molecule has 10 heteroatoms. The van der Waals surface area contributed by atoms with E-state index >= 15 is 0 Å². The molecule has 0 unspecified atom stereocenters. The summed E-state index contributed by atoms with van der Waals surface area (Å²) in [7, 11) is -7.71. The second kappa shape index (κ2) is 10.4. The van der Waals surface area contributed by atoms with Crippen molar-refractivity contribution in [3.63, 3.8) is 0 Å². The van der Waals surface area contributed by atoms with Crippen molar-refractivity contribution in [1.82, 2.24) is 18.6 Å². The minimum Gasteiger partial charge on any atom is -0.255 e. The van der Waals surface area contributed by atoms with Gasteiger partial charge in [0, 0.05) is 0 Å². The maximum absolute atomic E-state index is 13.7. The molecule has 196 valence electrons. The van der Waals surface area contributed by atoms with E-state index in [2.05, 4.69) is 9.97 Å². The quantitative estimate of drug-likeness (QED) is 0.379. The lowest BCUT2D eigenvalue weighted by atomic mass is 10.2. The molecule has 4 aromatic rings. The highest BCUT2D eigenvalue weighted by molar-refractivity contribution is 7.89. The fourth-order valence-electron chi connectivity index (χ4n) is 4.30. The molecule has 1 aliphatic rings. The molecule has 0 aliphatic carbocycles. The zero-order valence-electron chi connectivity index (χ0n) is 21.1. The number of aryl methyl sites for hydroxylation is 2.